The molecule has 0 radical (unpaired) electrons. The molecule has 0 saturated carbocycles. The fraction of sp³-hybridized carbons (Fsp3) is 0.316. The molecule has 12 heteroatoms. The van der Waals surface area contributed by atoms with Gasteiger partial charge in [-0.1, -0.05) is 11.6 Å². The van der Waals surface area contributed by atoms with Crippen LogP contribution in [0.25, 0.3) is 11.5 Å². The Morgan fingerprint density at radius 2 is 2.10 bits per heavy atom. The van der Waals surface area contributed by atoms with E-state index in [-0.39, 0.29) is 29.4 Å². The molecule has 0 spiro atoms. The van der Waals surface area contributed by atoms with Gasteiger partial charge in [-0.05, 0) is 19.9 Å². The van der Waals surface area contributed by atoms with Crippen molar-refractivity contribution in [2.45, 2.75) is 32.0 Å². The molecule has 0 aliphatic carbocycles. The summed E-state index contributed by atoms with van der Waals surface area (Å²) < 4.78 is 67.2. The maximum atomic E-state index is 15.1. The van der Waals surface area contributed by atoms with Crippen LogP contribution in [0.3, 0.4) is 0 Å². The van der Waals surface area contributed by atoms with Gasteiger partial charge in [-0.15, -0.1) is 0 Å². The molecule has 0 saturated heterocycles. The van der Waals surface area contributed by atoms with Gasteiger partial charge in [-0.2, -0.15) is 13.2 Å². The Bertz CT molecular complexity index is 1280. The molecule has 3 heterocycles. The molecule has 0 bridgehead atoms. The van der Waals surface area contributed by atoms with Gasteiger partial charge in [-0.3, -0.25) is 9.20 Å². The first-order chi connectivity index (χ1) is 14.5. The number of ether oxygens (including phenoxy) is 2. The molecule has 1 aliphatic rings. The Labute approximate surface area is 176 Å². The molecule has 4 rings (SSSR count). The quantitative estimate of drug-likeness (QED) is 0.442. The Morgan fingerprint density at radius 3 is 2.74 bits per heavy atom. The standard InChI is InChI=1S/C19H14ClF4N3O4/c1-3-30-16(29)18(2)8-9-14(11(21)6-10(20)15(9)31-18)27-13(28)7-12(19(22,23)24)26-5-4-25-17(26)27/h4-7H,3,8H2,1-2H3. The average Bonchev–Trinajstić information content (AvgIpc) is 3.28. The Balaban J connectivity index is 2.00. The zero-order chi connectivity index (χ0) is 22.7. The van der Waals surface area contributed by atoms with E-state index in [1.165, 1.54) is 6.92 Å². The van der Waals surface area contributed by atoms with Gasteiger partial charge < -0.3 is 9.47 Å². The Kier molecular flexibility index (Phi) is 4.76. The van der Waals surface area contributed by atoms with Crippen molar-refractivity contribution in [3.63, 3.8) is 0 Å². The van der Waals surface area contributed by atoms with Crippen LogP contribution in [-0.2, 0) is 22.1 Å². The molecule has 0 fully saturated rings. The molecule has 7 nitrogen and oxygen atoms in total. The summed E-state index contributed by atoms with van der Waals surface area (Å²) in [5.41, 5.74) is -4.36. The van der Waals surface area contributed by atoms with Crippen LogP contribution in [0, 0.1) is 5.82 Å². The van der Waals surface area contributed by atoms with E-state index < -0.39 is 46.3 Å². The number of alkyl halides is 3. The van der Waals surface area contributed by atoms with Crippen LogP contribution < -0.4 is 10.3 Å². The predicted octanol–water partition coefficient (Wildman–Crippen LogP) is 3.55. The molecule has 1 unspecified atom stereocenters. The minimum Gasteiger partial charge on any atom is -0.474 e. The second-order valence-electron chi connectivity index (χ2n) is 7.02. The fourth-order valence-electron chi connectivity index (χ4n) is 3.58. The maximum absolute atomic E-state index is 15.1. The fourth-order valence-corrected chi connectivity index (χ4v) is 3.83. The molecular formula is C19H14ClF4N3O4. The second-order valence-corrected chi connectivity index (χ2v) is 7.43. The van der Waals surface area contributed by atoms with E-state index in [4.69, 9.17) is 21.1 Å². The van der Waals surface area contributed by atoms with Gasteiger partial charge >= 0.3 is 12.1 Å². The van der Waals surface area contributed by atoms with E-state index in [9.17, 15) is 22.8 Å². The SMILES string of the molecule is CCOC(=O)C1(C)Cc2c(c(Cl)cc(F)c2-n2c(=O)cc(C(F)(F)F)n3ccnc23)O1. The lowest BCUT2D eigenvalue weighted by atomic mass is 9.98. The monoisotopic (exact) mass is 459 g/mol. The lowest BCUT2D eigenvalue weighted by molar-refractivity contribution is -0.158. The number of imidazole rings is 1. The normalized spacial score (nSPS) is 18.2. The predicted molar refractivity (Wildman–Crippen MR) is 100 cm³/mol. The number of benzene rings is 1. The molecule has 0 amide bonds. The van der Waals surface area contributed by atoms with Crippen molar-refractivity contribution < 1.29 is 31.8 Å². The first-order valence-electron chi connectivity index (χ1n) is 9.01. The highest BCUT2D eigenvalue weighted by molar-refractivity contribution is 6.32. The Hall–Kier alpha value is -3.08. The summed E-state index contributed by atoms with van der Waals surface area (Å²) in [5.74, 6) is -2.26. The maximum Gasteiger partial charge on any atom is 0.432 e. The molecule has 1 atom stereocenters. The van der Waals surface area contributed by atoms with E-state index in [1.807, 2.05) is 0 Å². The number of halogens is 5. The van der Waals surface area contributed by atoms with Crippen LogP contribution in [0.5, 0.6) is 5.75 Å². The lowest BCUT2D eigenvalue weighted by Gasteiger charge is -2.21. The molecular weight excluding hydrogens is 446 g/mol. The summed E-state index contributed by atoms with van der Waals surface area (Å²) in [7, 11) is 0. The van der Waals surface area contributed by atoms with Gasteiger partial charge in [0.15, 0.2) is 0 Å². The highest BCUT2D eigenvalue weighted by Gasteiger charge is 2.46. The van der Waals surface area contributed by atoms with Gasteiger partial charge in [0.1, 0.15) is 17.3 Å². The molecule has 31 heavy (non-hydrogen) atoms. The summed E-state index contributed by atoms with van der Waals surface area (Å²) in [6.07, 6.45) is -3.02. The van der Waals surface area contributed by atoms with Crippen molar-refractivity contribution in [1.82, 2.24) is 14.0 Å². The number of carbonyl (C=O) groups is 1. The first-order valence-corrected chi connectivity index (χ1v) is 9.39. The first kappa shape index (κ1) is 21.2. The van der Waals surface area contributed by atoms with Crippen LogP contribution >= 0.6 is 11.6 Å². The molecule has 1 aliphatic heterocycles. The number of aromatic nitrogens is 3. The summed E-state index contributed by atoms with van der Waals surface area (Å²) in [6.45, 7) is 3.07. The number of hydrogen-bond acceptors (Lipinski definition) is 5. The van der Waals surface area contributed by atoms with Gasteiger partial charge in [0.25, 0.3) is 5.56 Å². The molecule has 3 aromatic rings. The molecule has 1 aromatic carbocycles. The highest BCUT2D eigenvalue weighted by atomic mass is 35.5. The number of esters is 1. The van der Waals surface area contributed by atoms with Gasteiger partial charge in [0.2, 0.25) is 11.4 Å². The zero-order valence-corrected chi connectivity index (χ0v) is 16.8. The zero-order valence-electron chi connectivity index (χ0n) is 16.1. The molecule has 2 aromatic heterocycles. The summed E-state index contributed by atoms with van der Waals surface area (Å²) >= 11 is 6.09. The van der Waals surface area contributed by atoms with Crippen LogP contribution in [0.15, 0.2) is 29.3 Å². The van der Waals surface area contributed by atoms with Crippen molar-refractivity contribution in [2.75, 3.05) is 6.61 Å². The average molecular weight is 460 g/mol. The molecule has 164 valence electrons. The minimum absolute atomic E-state index is 0.0345. The van der Waals surface area contributed by atoms with Crippen LogP contribution in [0.1, 0.15) is 25.1 Å². The number of carbonyl (C=O) groups excluding carboxylic acids is 1. The number of nitrogens with zero attached hydrogens (tertiary/aromatic N) is 3. The van der Waals surface area contributed by atoms with E-state index >= 15 is 4.39 Å². The summed E-state index contributed by atoms with van der Waals surface area (Å²) in [6, 6.07) is 1.20. The van der Waals surface area contributed by atoms with Crippen molar-refractivity contribution in [1.29, 1.82) is 0 Å². The lowest BCUT2D eigenvalue weighted by Crippen LogP contribution is -2.41. The minimum atomic E-state index is -4.84. The van der Waals surface area contributed by atoms with Crippen molar-refractivity contribution in [3.8, 4) is 11.4 Å². The van der Waals surface area contributed by atoms with Gasteiger partial charge in [0.05, 0.1) is 17.3 Å². The van der Waals surface area contributed by atoms with Crippen molar-refractivity contribution in [2.24, 2.45) is 0 Å². The third-order valence-corrected chi connectivity index (χ3v) is 5.16. The van der Waals surface area contributed by atoms with Crippen LogP contribution in [-0.4, -0.2) is 32.1 Å². The van der Waals surface area contributed by atoms with E-state index in [0.717, 1.165) is 18.5 Å². The van der Waals surface area contributed by atoms with E-state index in [2.05, 4.69) is 4.98 Å². The van der Waals surface area contributed by atoms with Gasteiger partial charge in [-0.25, -0.2) is 18.7 Å². The van der Waals surface area contributed by atoms with Crippen LogP contribution in [0.4, 0.5) is 17.6 Å². The summed E-state index contributed by atoms with van der Waals surface area (Å²) in [5, 5.41) is -0.163. The third kappa shape index (κ3) is 3.23. The van der Waals surface area contributed by atoms with Crippen molar-refractivity contribution in [3.05, 3.63) is 57.0 Å². The number of fused-ring (bicyclic) bond motifs is 2. The number of hydrogen-bond donors (Lipinski definition) is 0. The topological polar surface area (TPSA) is 74.8 Å². The Morgan fingerprint density at radius 1 is 1.39 bits per heavy atom. The number of rotatable bonds is 3. The highest BCUT2D eigenvalue weighted by Crippen LogP contribution is 2.45. The van der Waals surface area contributed by atoms with E-state index in [0.29, 0.717) is 15.0 Å². The molecule has 0 N–H and O–H groups in total. The third-order valence-electron chi connectivity index (χ3n) is 4.88. The largest absolute Gasteiger partial charge is 0.474 e. The van der Waals surface area contributed by atoms with Crippen LogP contribution in [0.2, 0.25) is 5.02 Å². The smallest absolute Gasteiger partial charge is 0.432 e. The van der Waals surface area contributed by atoms with Crippen molar-refractivity contribution >= 4 is 23.3 Å². The summed E-state index contributed by atoms with van der Waals surface area (Å²) in [4.78, 5) is 28.9. The van der Waals surface area contributed by atoms with Gasteiger partial charge in [0, 0.05) is 30.4 Å². The van der Waals surface area contributed by atoms with E-state index in [1.54, 1.807) is 6.92 Å². The second kappa shape index (κ2) is 6.98.